The number of hydrogen-bond acceptors (Lipinski definition) is 4. The highest BCUT2D eigenvalue weighted by molar-refractivity contribution is 6.20. The van der Waals surface area contributed by atoms with Gasteiger partial charge in [-0.15, -0.1) is 0 Å². The summed E-state index contributed by atoms with van der Waals surface area (Å²) in [6.07, 6.45) is 0. The van der Waals surface area contributed by atoms with E-state index >= 15 is 0 Å². The van der Waals surface area contributed by atoms with Gasteiger partial charge in [0, 0.05) is 49.5 Å². The van der Waals surface area contributed by atoms with E-state index in [1.807, 2.05) is 60.7 Å². The standard InChI is InChI=1S/C56H35N5/c1-5-15-36(16-6-1)53-49-35-52-48(34-47(49)45-23-13-14-24-50(45)57-53)46-30-29-42(33-51(46)61(52)44-21-11-4-12-22-44)40-25-26-41-32-43(28-27-39(41)31-40)56-59-54(37-17-7-2-8-18-37)58-55(60-56)38-19-9-3-10-20-38/h1-35H. The van der Waals surface area contributed by atoms with E-state index in [1.54, 1.807) is 0 Å². The average molecular weight is 778 g/mol. The Labute approximate surface area is 351 Å². The zero-order valence-corrected chi connectivity index (χ0v) is 32.9. The van der Waals surface area contributed by atoms with Crippen molar-refractivity contribution in [2.24, 2.45) is 0 Å². The number of fused-ring (bicyclic) bond motifs is 7. The van der Waals surface area contributed by atoms with E-state index in [2.05, 4.69) is 156 Å². The van der Waals surface area contributed by atoms with Crippen LogP contribution in [0.1, 0.15) is 0 Å². The summed E-state index contributed by atoms with van der Waals surface area (Å²) in [6.45, 7) is 0. The van der Waals surface area contributed by atoms with Gasteiger partial charge in [0.1, 0.15) is 0 Å². The van der Waals surface area contributed by atoms with Crippen LogP contribution in [0.4, 0.5) is 0 Å². The third-order valence-electron chi connectivity index (χ3n) is 11.8. The van der Waals surface area contributed by atoms with Gasteiger partial charge in [-0.2, -0.15) is 0 Å². The minimum atomic E-state index is 0.644. The molecule has 0 bridgehead atoms. The molecule has 284 valence electrons. The van der Waals surface area contributed by atoms with Crippen molar-refractivity contribution in [2.75, 3.05) is 0 Å². The summed E-state index contributed by atoms with van der Waals surface area (Å²) in [5.41, 5.74) is 11.7. The summed E-state index contributed by atoms with van der Waals surface area (Å²) >= 11 is 0. The summed E-state index contributed by atoms with van der Waals surface area (Å²) < 4.78 is 2.41. The van der Waals surface area contributed by atoms with Crippen LogP contribution in [0, 0.1) is 0 Å². The summed E-state index contributed by atoms with van der Waals surface area (Å²) in [6, 6.07) is 74.7. The van der Waals surface area contributed by atoms with E-state index in [-0.39, 0.29) is 0 Å². The third-order valence-corrected chi connectivity index (χ3v) is 11.8. The predicted octanol–water partition coefficient (Wildman–Crippen LogP) is 14.2. The maximum Gasteiger partial charge on any atom is 0.164 e. The molecule has 3 aromatic heterocycles. The summed E-state index contributed by atoms with van der Waals surface area (Å²) in [7, 11) is 0. The lowest BCUT2D eigenvalue weighted by molar-refractivity contribution is 1.07. The van der Waals surface area contributed by atoms with E-state index < -0.39 is 0 Å². The maximum atomic E-state index is 5.25. The van der Waals surface area contributed by atoms with E-state index in [1.165, 1.54) is 16.2 Å². The molecule has 0 amide bonds. The number of benzene rings is 9. The minimum Gasteiger partial charge on any atom is -0.309 e. The van der Waals surface area contributed by atoms with Gasteiger partial charge in [0.15, 0.2) is 17.5 Å². The van der Waals surface area contributed by atoms with Gasteiger partial charge < -0.3 is 4.57 Å². The van der Waals surface area contributed by atoms with Crippen LogP contribution >= 0.6 is 0 Å². The number of aromatic nitrogens is 5. The predicted molar refractivity (Wildman–Crippen MR) is 252 cm³/mol. The fourth-order valence-corrected chi connectivity index (χ4v) is 8.81. The molecule has 0 N–H and O–H groups in total. The highest BCUT2D eigenvalue weighted by atomic mass is 15.0. The van der Waals surface area contributed by atoms with E-state index in [0.717, 1.165) is 82.9 Å². The molecule has 5 heteroatoms. The Bertz CT molecular complexity index is 3560. The molecule has 9 aromatic carbocycles. The SMILES string of the molecule is c1ccc(-c2nc(-c3ccccc3)nc(-c3ccc4cc(-c5ccc6c7cc8c(cc7n(-c7ccccc7)c6c5)c(-c5ccccc5)nc5ccccc58)ccc4c3)n2)cc1. The van der Waals surface area contributed by atoms with Gasteiger partial charge >= 0.3 is 0 Å². The second kappa shape index (κ2) is 14.2. The van der Waals surface area contributed by atoms with Crippen LogP contribution < -0.4 is 0 Å². The molecule has 0 fully saturated rings. The number of rotatable bonds is 6. The molecule has 12 aromatic rings. The van der Waals surface area contributed by atoms with Crippen molar-refractivity contribution in [3.05, 3.63) is 212 Å². The number of pyridine rings is 1. The van der Waals surface area contributed by atoms with Crippen molar-refractivity contribution < 1.29 is 0 Å². The normalized spacial score (nSPS) is 11.6. The molecule has 0 aliphatic heterocycles. The smallest absolute Gasteiger partial charge is 0.164 e. The lowest BCUT2D eigenvalue weighted by Gasteiger charge is -2.12. The van der Waals surface area contributed by atoms with Crippen molar-refractivity contribution in [1.82, 2.24) is 24.5 Å². The van der Waals surface area contributed by atoms with Crippen LogP contribution in [-0.4, -0.2) is 24.5 Å². The lowest BCUT2D eigenvalue weighted by atomic mass is 9.97. The molecule has 0 aliphatic rings. The van der Waals surface area contributed by atoms with Crippen molar-refractivity contribution in [3.63, 3.8) is 0 Å². The van der Waals surface area contributed by atoms with E-state index in [4.69, 9.17) is 19.9 Å². The van der Waals surface area contributed by atoms with Gasteiger partial charge in [0.05, 0.1) is 22.2 Å². The fraction of sp³-hybridized carbons (Fsp3) is 0. The highest BCUT2D eigenvalue weighted by Crippen LogP contribution is 2.41. The quantitative estimate of drug-likeness (QED) is 0.158. The second-order valence-corrected chi connectivity index (χ2v) is 15.5. The van der Waals surface area contributed by atoms with Gasteiger partial charge in [-0.3, -0.25) is 0 Å². The first-order valence-electron chi connectivity index (χ1n) is 20.5. The van der Waals surface area contributed by atoms with Gasteiger partial charge in [-0.25, -0.2) is 19.9 Å². The Hall–Kier alpha value is -8.28. The molecule has 0 saturated carbocycles. The Morgan fingerprint density at radius 2 is 0.787 bits per heavy atom. The minimum absolute atomic E-state index is 0.644. The molecule has 0 aliphatic carbocycles. The first-order valence-corrected chi connectivity index (χ1v) is 20.5. The monoisotopic (exact) mass is 777 g/mol. The lowest BCUT2D eigenvalue weighted by Crippen LogP contribution is -2.00. The number of para-hydroxylation sites is 2. The van der Waals surface area contributed by atoms with Crippen molar-refractivity contribution >= 4 is 54.3 Å². The third kappa shape index (κ3) is 6.02. The van der Waals surface area contributed by atoms with Crippen LogP contribution in [0.15, 0.2) is 212 Å². The second-order valence-electron chi connectivity index (χ2n) is 15.5. The van der Waals surface area contributed by atoms with Gasteiger partial charge in [0.2, 0.25) is 0 Å². The molecule has 0 spiro atoms. The molecule has 61 heavy (non-hydrogen) atoms. The summed E-state index contributed by atoms with van der Waals surface area (Å²) in [4.78, 5) is 20.1. The first kappa shape index (κ1) is 34.7. The molecule has 0 atom stereocenters. The highest BCUT2D eigenvalue weighted by Gasteiger charge is 2.19. The van der Waals surface area contributed by atoms with Gasteiger partial charge in [0.25, 0.3) is 0 Å². The summed E-state index contributed by atoms with van der Waals surface area (Å²) in [5, 5.41) is 8.17. The zero-order chi connectivity index (χ0) is 40.3. The number of nitrogens with zero attached hydrogens (tertiary/aromatic N) is 5. The van der Waals surface area contributed by atoms with Gasteiger partial charge in [-0.05, 0) is 75.8 Å². The average Bonchev–Trinajstić information content (AvgIpc) is 3.66. The first-order chi connectivity index (χ1) is 30.2. The molecular weight excluding hydrogens is 743 g/mol. The zero-order valence-electron chi connectivity index (χ0n) is 32.9. The van der Waals surface area contributed by atoms with E-state index in [9.17, 15) is 0 Å². The Morgan fingerprint density at radius 1 is 0.279 bits per heavy atom. The van der Waals surface area contributed by atoms with Crippen molar-refractivity contribution in [3.8, 4) is 62.2 Å². The topological polar surface area (TPSA) is 56.5 Å². The maximum absolute atomic E-state index is 5.25. The Kier molecular flexibility index (Phi) is 8.10. The van der Waals surface area contributed by atoms with Crippen LogP contribution in [0.25, 0.3) is 116 Å². The van der Waals surface area contributed by atoms with Crippen LogP contribution in [-0.2, 0) is 0 Å². The molecule has 0 saturated heterocycles. The molecule has 5 nitrogen and oxygen atoms in total. The van der Waals surface area contributed by atoms with Crippen LogP contribution in [0.3, 0.4) is 0 Å². The number of hydrogen-bond donors (Lipinski definition) is 0. The largest absolute Gasteiger partial charge is 0.309 e. The Morgan fingerprint density at radius 3 is 1.46 bits per heavy atom. The summed E-state index contributed by atoms with van der Waals surface area (Å²) in [5.74, 6) is 1.95. The van der Waals surface area contributed by atoms with Crippen LogP contribution in [0.5, 0.6) is 0 Å². The van der Waals surface area contributed by atoms with Crippen molar-refractivity contribution in [2.45, 2.75) is 0 Å². The fourth-order valence-electron chi connectivity index (χ4n) is 8.81. The van der Waals surface area contributed by atoms with E-state index in [0.29, 0.717) is 17.5 Å². The van der Waals surface area contributed by atoms with Crippen LogP contribution in [0.2, 0.25) is 0 Å². The molecule has 0 unspecified atom stereocenters. The molecular formula is C56H35N5. The molecule has 3 heterocycles. The Balaban J connectivity index is 1.00. The van der Waals surface area contributed by atoms with Gasteiger partial charge in [-0.1, -0.05) is 164 Å². The molecule has 0 radical (unpaired) electrons. The van der Waals surface area contributed by atoms with Crippen molar-refractivity contribution in [1.29, 1.82) is 0 Å². The molecule has 12 rings (SSSR count).